The zero-order chi connectivity index (χ0) is 12.1. The standard InChI is InChI=1S/C15H32/c1-8-9-10-13(15(5,6)7)11-12-14(2,3)4/h13H,8-12H2,1-7H3. The van der Waals surface area contributed by atoms with E-state index in [2.05, 4.69) is 48.5 Å². The van der Waals surface area contributed by atoms with Gasteiger partial charge in [0.25, 0.3) is 0 Å². The Morgan fingerprint density at radius 1 is 0.867 bits per heavy atom. The van der Waals surface area contributed by atoms with Crippen LogP contribution in [-0.2, 0) is 0 Å². The Hall–Kier alpha value is 0. The van der Waals surface area contributed by atoms with Gasteiger partial charge in [-0.2, -0.15) is 0 Å². The van der Waals surface area contributed by atoms with E-state index >= 15 is 0 Å². The van der Waals surface area contributed by atoms with Crippen LogP contribution in [0.3, 0.4) is 0 Å². The third-order valence-electron chi connectivity index (χ3n) is 3.37. The van der Waals surface area contributed by atoms with E-state index in [1.807, 2.05) is 0 Å². The molecule has 0 bridgehead atoms. The Balaban J connectivity index is 4.14. The van der Waals surface area contributed by atoms with Crippen molar-refractivity contribution in [1.82, 2.24) is 0 Å². The van der Waals surface area contributed by atoms with Crippen LogP contribution in [-0.4, -0.2) is 0 Å². The van der Waals surface area contributed by atoms with Crippen molar-refractivity contribution in [3.05, 3.63) is 0 Å². The first-order chi connectivity index (χ1) is 6.67. The molecule has 15 heavy (non-hydrogen) atoms. The number of hydrogen-bond donors (Lipinski definition) is 0. The minimum absolute atomic E-state index is 0.487. The lowest BCUT2D eigenvalue weighted by molar-refractivity contribution is 0.181. The first kappa shape index (κ1) is 15.0. The summed E-state index contributed by atoms with van der Waals surface area (Å²) in [7, 11) is 0. The second-order valence-corrected chi connectivity index (χ2v) is 7.30. The molecule has 0 aliphatic heterocycles. The Kier molecular flexibility index (Phi) is 5.92. The quantitative estimate of drug-likeness (QED) is 0.551. The SMILES string of the molecule is CCCCC(CCC(C)(C)C)C(C)(C)C. The van der Waals surface area contributed by atoms with Crippen LogP contribution in [0.15, 0.2) is 0 Å². The first-order valence-electron chi connectivity index (χ1n) is 6.67. The summed E-state index contributed by atoms with van der Waals surface area (Å²) < 4.78 is 0. The maximum atomic E-state index is 2.40. The fraction of sp³-hybridized carbons (Fsp3) is 1.00. The zero-order valence-electron chi connectivity index (χ0n) is 12.1. The highest BCUT2D eigenvalue weighted by Crippen LogP contribution is 2.36. The molecule has 0 heterocycles. The highest BCUT2D eigenvalue weighted by atomic mass is 14.3. The molecule has 0 aromatic carbocycles. The van der Waals surface area contributed by atoms with Gasteiger partial charge in [-0.1, -0.05) is 61.3 Å². The third-order valence-corrected chi connectivity index (χ3v) is 3.37. The molecule has 0 aromatic heterocycles. The Morgan fingerprint density at radius 2 is 1.40 bits per heavy atom. The van der Waals surface area contributed by atoms with Crippen LogP contribution in [0.2, 0.25) is 0 Å². The van der Waals surface area contributed by atoms with Gasteiger partial charge in [0.2, 0.25) is 0 Å². The Bertz CT molecular complexity index is 154. The topological polar surface area (TPSA) is 0 Å². The predicted octanol–water partition coefficient (Wildman–Crippen LogP) is 5.67. The molecule has 0 fully saturated rings. The average molecular weight is 212 g/mol. The van der Waals surface area contributed by atoms with Crippen molar-refractivity contribution in [2.75, 3.05) is 0 Å². The van der Waals surface area contributed by atoms with Gasteiger partial charge in [-0.05, 0) is 36.0 Å². The molecule has 0 aromatic rings. The average Bonchev–Trinajstić information content (AvgIpc) is 1.99. The minimum Gasteiger partial charge on any atom is -0.0654 e. The van der Waals surface area contributed by atoms with Crippen molar-refractivity contribution >= 4 is 0 Å². The third kappa shape index (κ3) is 7.88. The molecule has 0 saturated carbocycles. The summed E-state index contributed by atoms with van der Waals surface area (Å²) in [5.74, 6) is 0.900. The lowest BCUT2D eigenvalue weighted by Gasteiger charge is -2.33. The number of rotatable bonds is 5. The molecule has 0 saturated heterocycles. The van der Waals surface area contributed by atoms with Crippen molar-refractivity contribution in [2.24, 2.45) is 16.7 Å². The molecule has 0 spiro atoms. The van der Waals surface area contributed by atoms with E-state index in [1.54, 1.807) is 0 Å². The Morgan fingerprint density at radius 3 is 1.73 bits per heavy atom. The van der Waals surface area contributed by atoms with Gasteiger partial charge in [0.1, 0.15) is 0 Å². The molecular formula is C15H32. The van der Waals surface area contributed by atoms with Crippen LogP contribution >= 0.6 is 0 Å². The maximum Gasteiger partial charge on any atom is -0.0354 e. The summed E-state index contributed by atoms with van der Waals surface area (Å²) in [6.45, 7) is 16.6. The largest absolute Gasteiger partial charge is 0.0654 e. The lowest BCUT2D eigenvalue weighted by Crippen LogP contribution is -2.22. The van der Waals surface area contributed by atoms with E-state index < -0.39 is 0 Å². The van der Waals surface area contributed by atoms with E-state index in [-0.39, 0.29) is 0 Å². The van der Waals surface area contributed by atoms with Crippen LogP contribution in [0.4, 0.5) is 0 Å². The Labute approximate surface area is 97.8 Å². The van der Waals surface area contributed by atoms with Crippen LogP contribution in [0, 0.1) is 16.7 Å². The summed E-state index contributed by atoms with van der Waals surface area (Å²) in [6, 6.07) is 0. The molecule has 0 aliphatic rings. The van der Waals surface area contributed by atoms with Gasteiger partial charge in [-0.25, -0.2) is 0 Å². The summed E-state index contributed by atoms with van der Waals surface area (Å²) in [6.07, 6.45) is 6.90. The molecule has 0 radical (unpaired) electrons. The zero-order valence-corrected chi connectivity index (χ0v) is 12.1. The van der Waals surface area contributed by atoms with Gasteiger partial charge in [0, 0.05) is 0 Å². The van der Waals surface area contributed by atoms with Crippen molar-refractivity contribution < 1.29 is 0 Å². The molecule has 0 nitrogen and oxygen atoms in total. The number of unbranched alkanes of at least 4 members (excludes halogenated alkanes) is 1. The van der Waals surface area contributed by atoms with Crippen LogP contribution < -0.4 is 0 Å². The van der Waals surface area contributed by atoms with Gasteiger partial charge >= 0.3 is 0 Å². The second kappa shape index (κ2) is 5.92. The normalized spacial score (nSPS) is 15.4. The van der Waals surface area contributed by atoms with E-state index in [4.69, 9.17) is 0 Å². The number of hydrogen-bond acceptors (Lipinski definition) is 0. The van der Waals surface area contributed by atoms with Gasteiger partial charge in [-0.15, -0.1) is 0 Å². The molecule has 0 aliphatic carbocycles. The van der Waals surface area contributed by atoms with Gasteiger partial charge < -0.3 is 0 Å². The summed E-state index contributed by atoms with van der Waals surface area (Å²) in [5.41, 5.74) is 0.982. The van der Waals surface area contributed by atoms with Gasteiger partial charge in [-0.3, -0.25) is 0 Å². The van der Waals surface area contributed by atoms with Crippen LogP contribution in [0.5, 0.6) is 0 Å². The molecular weight excluding hydrogens is 180 g/mol. The maximum absolute atomic E-state index is 2.40. The van der Waals surface area contributed by atoms with Gasteiger partial charge in [0.05, 0.1) is 0 Å². The molecule has 1 unspecified atom stereocenters. The van der Waals surface area contributed by atoms with Crippen LogP contribution in [0.1, 0.15) is 80.6 Å². The van der Waals surface area contributed by atoms with E-state index in [0.717, 1.165) is 5.92 Å². The highest BCUT2D eigenvalue weighted by molar-refractivity contribution is 4.76. The van der Waals surface area contributed by atoms with E-state index in [0.29, 0.717) is 10.8 Å². The molecule has 0 N–H and O–H groups in total. The molecule has 0 rings (SSSR count). The summed E-state index contributed by atoms with van der Waals surface area (Å²) >= 11 is 0. The highest BCUT2D eigenvalue weighted by Gasteiger charge is 2.25. The molecule has 1 atom stereocenters. The van der Waals surface area contributed by atoms with Crippen molar-refractivity contribution in [3.8, 4) is 0 Å². The molecule has 0 amide bonds. The van der Waals surface area contributed by atoms with Crippen LogP contribution in [0.25, 0.3) is 0 Å². The fourth-order valence-corrected chi connectivity index (χ4v) is 2.07. The predicted molar refractivity (Wildman–Crippen MR) is 71.2 cm³/mol. The summed E-state index contributed by atoms with van der Waals surface area (Å²) in [4.78, 5) is 0. The van der Waals surface area contributed by atoms with Crippen molar-refractivity contribution in [2.45, 2.75) is 80.6 Å². The molecule has 0 heteroatoms. The summed E-state index contributed by atoms with van der Waals surface area (Å²) in [5, 5.41) is 0. The smallest absolute Gasteiger partial charge is 0.0354 e. The van der Waals surface area contributed by atoms with Crippen molar-refractivity contribution in [3.63, 3.8) is 0 Å². The molecule has 92 valence electrons. The van der Waals surface area contributed by atoms with Crippen molar-refractivity contribution in [1.29, 1.82) is 0 Å². The monoisotopic (exact) mass is 212 g/mol. The minimum atomic E-state index is 0.487. The lowest BCUT2D eigenvalue weighted by atomic mass is 9.73. The first-order valence-corrected chi connectivity index (χ1v) is 6.67. The van der Waals surface area contributed by atoms with E-state index in [1.165, 1.54) is 32.1 Å². The van der Waals surface area contributed by atoms with Gasteiger partial charge in [0.15, 0.2) is 0 Å². The van der Waals surface area contributed by atoms with E-state index in [9.17, 15) is 0 Å². The fourth-order valence-electron chi connectivity index (χ4n) is 2.07. The second-order valence-electron chi connectivity index (χ2n) is 7.30.